The Morgan fingerprint density at radius 3 is 2.54 bits per heavy atom. The van der Waals surface area contributed by atoms with Gasteiger partial charge < -0.3 is 20.3 Å². The first kappa shape index (κ1) is 20.0. The largest absolute Gasteiger partial charge is 0.444 e. The Morgan fingerprint density at radius 2 is 1.85 bits per heavy atom. The second kappa shape index (κ2) is 9.40. The van der Waals surface area contributed by atoms with Gasteiger partial charge in [-0.2, -0.15) is 0 Å². The van der Waals surface area contributed by atoms with Gasteiger partial charge in [-0.25, -0.2) is 9.78 Å². The molecule has 1 fully saturated rings. The summed E-state index contributed by atoms with van der Waals surface area (Å²) in [6.07, 6.45) is 5.41. The number of carbonyl (C=O) groups excluding carboxylic acids is 2. The third-order valence-corrected chi connectivity index (χ3v) is 3.99. The molecule has 0 atom stereocenters. The van der Waals surface area contributed by atoms with Crippen LogP contribution in [0.3, 0.4) is 0 Å². The van der Waals surface area contributed by atoms with E-state index in [1.54, 1.807) is 12.3 Å². The lowest BCUT2D eigenvalue weighted by molar-refractivity contribution is 0.0527. The molecule has 7 heteroatoms. The van der Waals surface area contributed by atoms with Crippen LogP contribution in [0, 0.1) is 0 Å². The van der Waals surface area contributed by atoms with Crippen LogP contribution in [0.15, 0.2) is 18.3 Å². The maximum Gasteiger partial charge on any atom is 0.407 e. The number of anilines is 1. The van der Waals surface area contributed by atoms with Crippen molar-refractivity contribution in [2.24, 2.45) is 0 Å². The predicted molar refractivity (Wildman–Crippen MR) is 101 cm³/mol. The molecule has 0 radical (unpaired) electrons. The first-order valence-electron chi connectivity index (χ1n) is 9.32. The maximum absolute atomic E-state index is 12.5. The van der Waals surface area contributed by atoms with E-state index in [-0.39, 0.29) is 5.91 Å². The number of amides is 2. The SMILES string of the molecule is CC(C)(C)OC(=O)NCCCNC(=O)c1cccnc1N1CCCCC1. The summed E-state index contributed by atoms with van der Waals surface area (Å²) in [7, 11) is 0. The minimum atomic E-state index is -0.510. The number of alkyl carbamates (subject to hydrolysis) is 1. The van der Waals surface area contributed by atoms with Crippen molar-refractivity contribution >= 4 is 17.8 Å². The van der Waals surface area contributed by atoms with E-state index in [0.717, 1.165) is 31.7 Å². The van der Waals surface area contributed by atoms with Crippen molar-refractivity contribution in [3.63, 3.8) is 0 Å². The molecule has 1 saturated heterocycles. The summed E-state index contributed by atoms with van der Waals surface area (Å²) in [4.78, 5) is 30.7. The van der Waals surface area contributed by atoms with Gasteiger partial charge in [-0.05, 0) is 58.6 Å². The van der Waals surface area contributed by atoms with E-state index in [2.05, 4.69) is 20.5 Å². The van der Waals surface area contributed by atoms with E-state index < -0.39 is 11.7 Å². The number of rotatable bonds is 6. The highest BCUT2D eigenvalue weighted by atomic mass is 16.6. The molecule has 2 amide bonds. The zero-order valence-electron chi connectivity index (χ0n) is 16.0. The fraction of sp³-hybridized carbons (Fsp3) is 0.632. The summed E-state index contributed by atoms with van der Waals surface area (Å²) in [6, 6.07) is 3.59. The molecule has 0 spiro atoms. The van der Waals surface area contributed by atoms with Crippen molar-refractivity contribution in [3.05, 3.63) is 23.9 Å². The highest BCUT2D eigenvalue weighted by molar-refractivity contribution is 5.98. The van der Waals surface area contributed by atoms with Crippen LogP contribution in [0.1, 0.15) is 56.8 Å². The smallest absolute Gasteiger partial charge is 0.407 e. The molecule has 2 N–H and O–H groups in total. The van der Waals surface area contributed by atoms with Gasteiger partial charge in [-0.1, -0.05) is 0 Å². The van der Waals surface area contributed by atoms with Crippen molar-refractivity contribution in [2.45, 2.75) is 52.1 Å². The van der Waals surface area contributed by atoms with Crippen LogP contribution in [0.25, 0.3) is 0 Å². The topological polar surface area (TPSA) is 83.6 Å². The number of carbonyl (C=O) groups is 2. The number of aromatic nitrogens is 1. The second-order valence-corrected chi connectivity index (χ2v) is 7.46. The summed E-state index contributed by atoms with van der Waals surface area (Å²) in [5.41, 5.74) is 0.0956. The Labute approximate surface area is 155 Å². The lowest BCUT2D eigenvalue weighted by Gasteiger charge is -2.29. The van der Waals surface area contributed by atoms with Crippen LogP contribution < -0.4 is 15.5 Å². The quantitative estimate of drug-likeness (QED) is 0.760. The van der Waals surface area contributed by atoms with Crippen LogP contribution in [0.5, 0.6) is 0 Å². The van der Waals surface area contributed by atoms with Gasteiger partial charge in [0.2, 0.25) is 0 Å². The predicted octanol–water partition coefficient (Wildman–Crippen LogP) is 2.72. The highest BCUT2D eigenvalue weighted by Crippen LogP contribution is 2.21. The maximum atomic E-state index is 12.5. The van der Waals surface area contributed by atoms with Crippen molar-refractivity contribution < 1.29 is 14.3 Å². The van der Waals surface area contributed by atoms with Gasteiger partial charge in [0.1, 0.15) is 11.4 Å². The Morgan fingerprint density at radius 1 is 1.15 bits per heavy atom. The molecule has 0 aromatic carbocycles. The molecule has 1 aliphatic rings. The summed E-state index contributed by atoms with van der Waals surface area (Å²) >= 11 is 0. The van der Waals surface area contributed by atoms with E-state index in [1.807, 2.05) is 26.8 Å². The van der Waals surface area contributed by atoms with E-state index in [0.29, 0.717) is 25.1 Å². The van der Waals surface area contributed by atoms with Crippen LogP contribution in [-0.2, 0) is 4.74 Å². The number of ether oxygens (including phenoxy) is 1. The van der Waals surface area contributed by atoms with Gasteiger partial charge in [-0.15, -0.1) is 0 Å². The molecule has 144 valence electrons. The molecule has 0 aliphatic carbocycles. The lowest BCUT2D eigenvalue weighted by atomic mass is 10.1. The van der Waals surface area contributed by atoms with Gasteiger partial charge in [-0.3, -0.25) is 4.79 Å². The van der Waals surface area contributed by atoms with Crippen molar-refractivity contribution in [3.8, 4) is 0 Å². The van der Waals surface area contributed by atoms with Crippen LogP contribution in [0.2, 0.25) is 0 Å². The lowest BCUT2D eigenvalue weighted by Crippen LogP contribution is -2.35. The van der Waals surface area contributed by atoms with Crippen molar-refractivity contribution in [1.29, 1.82) is 0 Å². The molecule has 26 heavy (non-hydrogen) atoms. The summed E-state index contributed by atoms with van der Waals surface area (Å²) in [5, 5.41) is 5.59. The summed E-state index contributed by atoms with van der Waals surface area (Å²) in [6.45, 7) is 8.26. The summed E-state index contributed by atoms with van der Waals surface area (Å²) < 4.78 is 5.17. The molecule has 7 nitrogen and oxygen atoms in total. The van der Waals surface area contributed by atoms with Crippen LogP contribution >= 0.6 is 0 Å². The third-order valence-electron chi connectivity index (χ3n) is 3.99. The molecule has 2 heterocycles. The van der Waals surface area contributed by atoms with Gasteiger partial charge in [0.15, 0.2) is 0 Å². The molecule has 1 aromatic heterocycles. The molecular formula is C19H30N4O3. The molecular weight excluding hydrogens is 332 g/mol. The van der Waals surface area contributed by atoms with Crippen LogP contribution in [0.4, 0.5) is 10.6 Å². The standard InChI is InChI=1S/C19H30N4O3/c1-19(2,3)26-18(25)22-12-8-11-21-17(24)15-9-7-10-20-16(15)23-13-5-4-6-14-23/h7,9-10H,4-6,8,11-14H2,1-3H3,(H,21,24)(H,22,25). The Hall–Kier alpha value is -2.31. The van der Waals surface area contributed by atoms with Crippen molar-refractivity contribution in [2.75, 3.05) is 31.1 Å². The number of piperidine rings is 1. The van der Waals surface area contributed by atoms with Gasteiger partial charge in [0, 0.05) is 32.4 Å². The van der Waals surface area contributed by atoms with Gasteiger partial charge >= 0.3 is 6.09 Å². The number of nitrogens with zero attached hydrogens (tertiary/aromatic N) is 2. The molecule has 2 rings (SSSR count). The average molecular weight is 362 g/mol. The zero-order chi connectivity index (χ0) is 19.0. The average Bonchev–Trinajstić information content (AvgIpc) is 2.60. The number of pyridine rings is 1. The van der Waals surface area contributed by atoms with E-state index in [9.17, 15) is 9.59 Å². The minimum absolute atomic E-state index is 0.129. The Bertz CT molecular complexity index is 607. The van der Waals surface area contributed by atoms with Gasteiger partial charge in [0.05, 0.1) is 5.56 Å². The Kier molecular flexibility index (Phi) is 7.24. The fourth-order valence-electron chi connectivity index (χ4n) is 2.82. The molecule has 1 aromatic rings. The normalized spacial score (nSPS) is 14.7. The summed E-state index contributed by atoms with van der Waals surface area (Å²) in [5.74, 6) is 0.632. The van der Waals surface area contributed by atoms with E-state index in [4.69, 9.17) is 4.74 Å². The second-order valence-electron chi connectivity index (χ2n) is 7.46. The Balaban J connectivity index is 1.77. The van der Waals surface area contributed by atoms with Crippen molar-refractivity contribution in [1.82, 2.24) is 15.6 Å². The zero-order valence-corrected chi connectivity index (χ0v) is 16.0. The molecule has 0 saturated carbocycles. The number of hydrogen-bond acceptors (Lipinski definition) is 5. The third kappa shape index (κ3) is 6.54. The minimum Gasteiger partial charge on any atom is -0.444 e. The molecule has 0 bridgehead atoms. The fourth-order valence-corrected chi connectivity index (χ4v) is 2.82. The number of hydrogen-bond donors (Lipinski definition) is 2. The van der Waals surface area contributed by atoms with Gasteiger partial charge in [0.25, 0.3) is 5.91 Å². The highest BCUT2D eigenvalue weighted by Gasteiger charge is 2.19. The number of nitrogens with one attached hydrogen (secondary N) is 2. The molecule has 0 unspecified atom stereocenters. The molecule has 1 aliphatic heterocycles. The first-order valence-corrected chi connectivity index (χ1v) is 9.32. The first-order chi connectivity index (χ1) is 12.4. The van der Waals surface area contributed by atoms with Crippen LogP contribution in [-0.4, -0.2) is 48.8 Å². The van der Waals surface area contributed by atoms with E-state index >= 15 is 0 Å². The van der Waals surface area contributed by atoms with E-state index in [1.165, 1.54) is 6.42 Å². The monoisotopic (exact) mass is 362 g/mol.